The minimum Gasteiger partial charge on any atom is -0.380 e. The van der Waals surface area contributed by atoms with E-state index in [9.17, 15) is 9.18 Å². The van der Waals surface area contributed by atoms with E-state index in [1.165, 1.54) is 6.07 Å². The van der Waals surface area contributed by atoms with E-state index >= 15 is 0 Å². The number of carbonyl (C=O) groups is 1. The van der Waals surface area contributed by atoms with Gasteiger partial charge in [0.2, 0.25) is 0 Å². The van der Waals surface area contributed by atoms with Crippen LogP contribution in [0.5, 0.6) is 0 Å². The van der Waals surface area contributed by atoms with Gasteiger partial charge in [0.15, 0.2) is 0 Å². The Hall–Kier alpha value is -3.21. The Morgan fingerprint density at radius 3 is 2.60 bits per heavy atom. The lowest BCUT2D eigenvalue weighted by atomic mass is 10.1. The molecule has 25 heavy (non-hydrogen) atoms. The van der Waals surface area contributed by atoms with Crippen LogP contribution in [0.1, 0.15) is 21.5 Å². The number of nitrogens with one attached hydrogen (secondary N) is 2. The number of amides is 1. The van der Waals surface area contributed by atoms with Crippen LogP contribution in [0.4, 0.5) is 15.8 Å². The second-order valence-electron chi connectivity index (χ2n) is 5.69. The third-order valence-electron chi connectivity index (χ3n) is 3.77. The molecule has 0 spiro atoms. The average Bonchev–Trinajstić information content (AvgIpc) is 2.64. The number of hydrogen-bond acceptors (Lipinski definition) is 3. The Morgan fingerprint density at radius 2 is 1.80 bits per heavy atom. The first kappa shape index (κ1) is 16.6. The van der Waals surface area contributed by atoms with Crippen LogP contribution in [0, 0.1) is 12.7 Å². The quantitative estimate of drug-likeness (QED) is 0.727. The molecule has 0 aliphatic carbocycles. The zero-order valence-electron chi connectivity index (χ0n) is 13.8. The van der Waals surface area contributed by atoms with Crippen molar-refractivity contribution in [1.82, 2.24) is 4.98 Å². The Bertz CT molecular complexity index is 881. The standard InChI is InChI=1S/C20H18FN3O/c1-14-6-7-17(21)19(12-14)24-20(25)16-4-2-3-5-18(16)23-13-15-8-10-22-11-9-15/h2-12,23H,13H2,1H3,(H,24,25). The van der Waals surface area contributed by atoms with Crippen molar-refractivity contribution in [1.29, 1.82) is 0 Å². The van der Waals surface area contributed by atoms with Crippen molar-refractivity contribution in [3.63, 3.8) is 0 Å². The molecule has 0 aliphatic rings. The zero-order chi connectivity index (χ0) is 17.6. The molecule has 3 rings (SSSR count). The molecule has 2 aromatic carbocycles. The van der Waals surface area contributed by atoms with Gasteiger partial charge >= 0.3 is 0 Å². The second kappa shape index (κ2) is 7.57. The maximum Gasteiger partial charge on any atom is 0.257 e. The summed E-state index contributed by atoms with van der Waals surface area (Å²) < 4.78 is 13.9. The third kappa shape index (κ3) is 4.20. The normalized spacial score (nSPS) is 10.3. The number of halogens is 1. The number of aryl methyl sites for hydroxylation is 1. The van der Waals surface area contributed by atoms with Gasteiger partial charge in [0.1, 0.15) is 5.82 Å². The van der Waals surface area contributed by atoms with E-state index in [1.54, 1.807) is 36.7 Å². The first-order valence-electron chi connectivity index (χ1n) is 7.93. The Balaban J connectivity index is 1.77. The summed E-state index contributed by atoms with van der Waals surface area (Å²) in [4.78, 5) is 16.6. The summed E-state index contributed by atoms with van der Waals surface area (Å²) in [5, 5.41) is 5.88. The maximum atomic E-state index is 13.9. The van der Waals surface area contributed by atoms with Crippen LogP contribution in [-0.4, -0.2) is 10.9 Å². The molecule has 1 heterocycles. The highest BCUT2D eigenvalue weighted by atomic mass is 19.1. The molecule has 0 fully saturated rings. The average molecular weight is 335 g/mol. The van der Waals surface area contributed by atoms with Crippen molar-refractivity contribution in [2.24, 2.45) is 0 Å². The van der Waals surface area contributed by atoms with Crippen molar-refractivity contribution in [2.45, 2.75) is 13.5 Å². The Labute approximate surface area is 145 Å². The van der Waals surface area contributed by atoms with Crippen molar-refractivity contribution >= 4 is 17.3 Å². The number of aromatic nitrogens is 1. The van der Waals surface area contributed by atoms with Crippen LogP contribution in [0.25, 0.3) is 0 Å². The van der Waals surface area contributed by atoms with Crippen molar-refractivity contribution < 1.29 is 9.18 Å². The van der Waals surface area contributed by atoms with E-state index in [2.05, 4.69) is 15.6 Å². The maximum absolute atomic E-state index is 13.9. The summed E-state index contributed by atoms with van der Waals surface area (Å²) in [7, 11) is 0. The van der Waals surface area contributed by atoms with Crippen LogP contribution in [0.2, 0.25) is 0 Å². The fourth-order valence-electron chi connectivity index (χ4n) is 2.46. The van der Waals surface area contributed by atoms with Gasteiger partial charge in [-0.05, 0) is 54.4 Å². The Kier molecular flexibility index (Phi) is 5.04. The molecule has 0 atom stereocenters. The van der Waals surface area contributed by atoms with Gasteiger partial charge in [0, 0.05) is 24.6 Å². The Morgan fingerprint density at radius 1 is 1.04 bits per heavy atom. The molecule has 0 saturated carbocycles. The molecule has 1 amide bonds. The van der Waals surface area contributed by atoms with Gasteiger partial charge in [-0.25, -0.2) is 4.39 Å². The van der Waals surface area contributed by atoms with Crippen LogP contribution >= 0.6 is 0 Å². The summed E-state index contributed by atoms with van der Waals surface area (Å²) in [5.74, 6) is -0.816. The molecule has 2 N–H and O–H groups in total. The third-order valence-corrected chi connectivity index (χ3v) is 3.77. The van der Waals surface area contributed by atoms with Crippen LogP contribution in [0.3, 0.4) is 0 Å². The molecule has 0 aliphatic heterocycles. The summed E-state index contributed by atoms with van der Waals surface area (Å²) >= 11 is 0. The molecule has 0 bridgehead atoms. The van der Waals surface area contributed by atoms with E-state index in [1.807, 2.05) is 31.2 Å². The summed E-state index contributed by atoms with van der Waals surface area (Å²) in [6, 6.07) is 15.6. The molecule has 3 aromatic rings. The highest BCUT2D eigenvalue weighted by molar-refractivity contribution is 6.08. The fourth-order valence-corrected chi connectivity index (χ4v) is 2.46. The number of rotatable bonds is 5. The first-order chi connectivity index (χ1) is 12.1. The molecule has 5 heteroatoms. The summed E-state index contributed by atoms with van der Waals surface area (Å²) in [6.45, 7) is 2.41. The van der Waals surface area contributed by atoms with Crippen LogP contribution in [-0.2, 0) is 6.54 Å². The highest BCUT2D eigenvalue weighted by Gasteiger charge is 2.13. The van der Waals surface area contributed by atoms with Crippen molar-refractivity contribution in [3.8, 4) is 0 Å². The molecule has 4 nitrogen and oxygen atoms in total. The molecule has 126 valence electrons. The van der Waals surface area contributed by atoms with Gasteiger partial charge in [-0.15, -0.1) is 0 Å². The molecule has 0 unspecified atom stereocenters. The number of carbonyl (C=O) groups excluding carboxylic acids is 1. The lowest BCUT2D eigenvalue weighted by Crippen LogP contribution is -2.15. The lowest BCUT2D eigenvalue weighted by molar-refractivity contribution is 0.102. The lowest BCUT2D eigenvalue weighted by Gasteiger charge is -2.13. The minimum atomic E-state index is -0.457. The second-order valence-corrected chi connectivity index (χ2v) is 5.69. The van der Waals surface area contributed by atoms with Gasteiger partial charge in [0.05, 0.1) is 11.3 Å². The van der Waals surface area contributed by atoms with Gasteiger partial charge in [-0.3, -0.25) is 9.78 Å². The molecule has 0 saturated heterocycles. The number of anilines is 2. The predicted molar refractivity (Wildman–Crippen MR) is 97.1 cm³/mol. The zero-order valence-corrected chi connectivity index (χ0v) is 13.8. The van der Waals surface area contributed by atoms with Crippen molar-refractivity contribution in [3.05, 3.63) is 89.5 Å². The number of pyridine rings is 1. The fraction of sp³-hybridized carbons (Fsp3) is 0.100. The van der Waals surface area contributed by atoms with E-state index < -0.39 is 5.82 Å². The van der Waals surface area contributed by atoms with Gasteiger partial charge in [-0.1, -0.05) is 18.2 Å². The SMILES string of the molecule is Cc1ccc(F)c(NC(=O)c2ccccc2NCc2ccncc2)c1. The molecular formula is C20H18FN3O. The van der Waals surface area contributed by atoms with Crippen LogP contribution < -0.4 is 10.6 Å². The van der Waals surface area contributed by atoms with E-state index in [-0.39, 0.29) is 11.6 Å². The molecule has 0 radical (unpaired) electrons. The number of para-hydroxylation sites is 1. The van der Waals surface area contributed by atoms with E-state index in [4.69, 9.17) is 0 Å². The monoisotopic (exact) mass is 335 g/mol. The first-order valence-corrected chi connectivity index (χ1v) is 7.93. The molecule has 1 aromatic heterocycles. The molecular weight excluding hydrogens is 317 g/mol. The van der Waals surface area contributed by atoms with E-state index in [0.717, 1.165) is 11.1 Å². The van der Waals surface area contributed by atoms with E-state index in [0.29, 0.717) is 17.8 Å². The topological polar surface area (TPSA) is 54.0 Å². The number of benzene rings is 2. The largest absolute Gasteiger partial charge is 0.380 e. The van der Waals surface area contributed by atoms with Gasteiger partial charge in [0.25, 0.3) is 5.91 Å². The summed E-state index contributed by atoms with van der Waals surface area (Å²) in [6.07, 6.45) is 3.44. The summed E-state index contributed by atoms with van der Waals surface area (Å²) in [5.41, 5.74) is 3.24. The van der Waals surface area contributed by atoms with Gasteiger partial charge < -0.3 is 10.6 Å². The van der Waals surface area contributed by atoms with Crippen molar-refractivity contribution in [2.75, 3.05) is 10.6 Å². The van der Waals surface area contributed by atoms with Gasteiger partial charge in [-0.2, -0.15) is 0 Å². The minimum absolute atomic E-state index is 0.175. The highest BCUT2D eigenvalue weighted by Crippen LogP contribution is 2.20. The number of hydrogen-bond donors (Lipinski definition) is 2. The van der Waals surface area contributed by atoms with Crippen LogP contribution in [0.15, 0.2) is 67.0 Å². The number of nitrogens with zero attached hydrogens (tertiary/aromatic N) is 1. The smallest absolute Gasteiger partial charge is 0.257 e. The predicted octanol–water partition coefficient (Wildman–Crippen LogP) is 4.39.